The molecular formula is C17H28O2. The Balaban J connectivity index is 1.99. The average Bonchev–Trinajstić information content (AvgIpc) is 2.69. The largest absolute Gasteiger partial charge is 0.459 e. The predicted octanol–water partition coefficient (Wildman–Crippen LogP) is 4.18. The van der Waals surface area contributed by atoms with Crippen molar-refractivity contribution in [1.82, 2.24) is 0 Å². The lowest BCUT2D eigenvalue weighted by Crippen LogP contribution is -2.47. The number of ether oxygens (including phenoxy) is 1. The van der Waals surface area contributed by atoms with E-state index in [-0.39, 0.29) is 11.6 Å². The standard InChI is InChI=1S/C17H28O2/c1-11-6-7-13-15(3,4)14-10-17(11,13)9-8-16(14,5)19-12(2)18/h11,13-14H,6-10H2,1-5H3/t11-,13?,14+,16-,17+/m1/s1. The fourth-order valence-corrected chi connectivity index (χ4v) is 6.31. The highest BCUT2D eigenvalue weighted by Crippen LogP contribution is 2.73. The van der Waals surface area contributed by atoms with E-state index in [0.29, 0.717) is 16.7 Å². The molecule has 3 fully saturated rings. The third kappa shape index (κ3) is 1.58. The van der Waals surface area contributed by atoms with Gasteiger partial charge in [-0.05, 0) is 61.7 Å². The Bertz CT molecular complexity index is 413. The first kappa shape index (κ1) is 13.5. The Kier molecular flexibility index (Phi) is 2.67. The zero-order valence-electron chi connectivity index (χ0n) is 13.1. The summed E-state index contributed by atoms with van der Waals surface area (Å²) in [7, 11) is 0. The van der Waals surface area contributed by atoms with Crippen molar-refractivity contribution in [3.8, 4) is 0 Å². The maximum atomic E-state index is 11.5. The zero-order chi connectivity index (χ0) is 14.1. The minimum atomic E-state index is -0.232. The summed E-state index contributed by atoms with van der Waals surface area (Å²) in [6, 6.07) is 0. The molecule has 5 atom stereocenters. The summed E-state index contributed by atoms with van der Waals surface area (Å²) in [5, 5.41) is 0. The molecule has 3 rings (SSSR count). The molecule has 1 unspecified atom stereocenters. The van der Waals surface area contributed by atoms with Crippen LogP contribution in [0, 0.1) is 28.6 Å². The second kappa shape index (κ2) is 3.77. The molecule has 0 aromatic carbocycles. The van der Waals surface area contributed by atoms with Gasteiger partial charge in [0.05, 0.1) is 0 Å². The van der Waals surface area contributed by atoms with E-state index in [1.807, 2.05) is 0 Å². The van der Waals surface area contributed by atoms with Crippen LogP contribution in [-0.4, -0.2) is 11.6 Å². The molecule has 0 aliphatic heterocycles. The number of fused-ring (bicyclic) bond motifs is 1. The maximum Gasteiger partial charge on any atom is 0.303 e. The molecule has 3 saturated carbocycles. The fourth-order valence-electron chi connectivity index (χ4n) is 6.31. The van der Waals surface area contributed by atoms with Crippen molar-refractivity contribution in [1.29, 1.82) is 0 Å². The monoisotopic (exact) mass is 264 g/mol. The van der Waals surface area contributed by atoms with Crippen molar-refractivity contribution in [2.24, 2.45) is 28.6 Å². The van der Waals surface area contributed by atoms with Gasteiger partial charge in [0.2, 0.25) is 0 Å². The molecule has 3 aliphatic carbocycles. The highest BCUT2D eigenvalue weighted by molar-refractivity contribution is 5.66. The normalized spacial score (nSPS) is 50.9. The van der Waals surface area contributed by atoms with Gasteiger partial charge in [0.15, 0.2) is 0 Å². The van der Waals surface area contributed by atoms with Crippen LogP contribution in [-0.2, 0) is 9.53 Å². The molecule has 0 saturated heterocycles. The average molecular weight is 264 g/mol. The Morgan fingerprint density at radius 3 is 2.42 bits per heavy atom. The van der Waals surface area contributed by atoms with Gasteiger partial charge in [0, 0.05) is 12.8 Å². The van der Waals surface area contributed by atoms with Crippen LogP contribution in [0.15, 0.2) is 0 Å². The predicted molar refractivity (Wildman–Crippen MR) is 75.6 cm³/mol. The fraction of sp³-hybridized carbons (Fsp3) is 0.941. The van der Waals surface area contributed by atoms with Gasteiger partial charge in [-0.15, -0.1) is 0 Å². The van der Waals surface area contributed by atoms with Crippen LogP contribution in [0.2, 0.25) is 0 Å². The number of hydrogen-bond acceptors (Lipinski definition) is 2. The minimum absolute atomic E-state index is 0.112. The quantitative estimate of drug-likeness (QED) is 0.664. The number of carbonyl (C=O) groups excluding carboxylic acids is 1. The topological polar surface area (TPSA) is 26.3 Å². The summed E-state index contributed by atoms with van der Waals surface area (Å²) in [4.78, 5) is 11.5. The van der Waals surface area contributed by atoms with Crippen molar-refractivity contribution in [2.75, 3.05) is 0 Å². The molecule has 0 N–H and O–H groups in total. The van der Waals surface area contributed by atoms with Crippen molar-refractivity contribution < 1.29 is 9.53 Å². The van der Waals surface area contributed by atoms with Crippen LogP contribution in [0.4, 0.5) is 0 Å². The van der Waals surface area contributed by atoms with Crippen LogP contribution in [0.3, 0.4) is 0 Å². The van der Waals surface area contributed by atoms with E-state index in [1.165, 1.54) is 25.7 Å². The first-order valence-corrected chi connectivity index (χ1v) is 7.92. The number of carbonyl (C=O) groups is 1. The molecule has 0 amide bonds. The van der Waals surface area contributed by atoms with E-state index in [9.17, 15) is 4.79 Å². The second-order valence-corrected chi connectivity index (χ2v) is 8.25. The molecule has 1 spiro atoms. The smallest absolute Gasteiger partial charge is 0.303 e. The third-order valence-corrected chi connectivity index (χ3v) is 7.15. The molecule has 2 heteroatoms. The Morgan fingerprint density at radius 1 is 1.11 bits per heavy atom. The molecule has 0 aromatic heterocycles. The van der Waals surface area contributed by atoms with E-state index in [2.05, 4.69) is 27.7 Å². The third-order valence-electron chi connectivity index (χ3n) is 7.15. The SMILES string of the molecule is CC(=O)O[C@]1(C)CC[C@@]23C[C@H]1C(C)(C)C2CC[C@H]3C. The first-order chi connectivity index (χ1) is 8.72. The first-order valence-electron chi connectivity index (χ1n) is 7.92. The highest BCUT2D eigenvalue weighted by atomic mass is 16.6. The molecule has 2 bridgehead atoms. The van der Waals surface area contributed by atoms with Gasteiger partial charge in [0.1, 0.15) is 5.60 Å². The van der Waals surface area contributed by atoms with E-state index >= 15 is 0 Å². The molecule has 2 nitrogen and oxygen atoms in total. The number of hydrogen-bond donors (Lipinski definition) is 0. The lowest BCUT2D eigenvalue weighted by Gasteiger charge is -2.46. The maximum absolute atomic E-state index is 11.5. The van der Waals surface area contributed by atoms with Crippen LogP contribution in [0.5, 0.6) is 0 Å². The van der Waals surface area contributed by atoms with Crippen molar-refractivity contribution in [2.45, 2.75) is 72.3 Å². The Morgan fingerprint density at radius 2 is 1.79 bits per heavy atom. The van der Waals surface area contributed by atoms with Gasteiger partial charge in [0.25, 0.3) is 0 Å². The Hall–Kier alpha value is -0.530. The van der Waals surface area contributed by atoms with Crippen LogP contribution >= 0.6 is 0 Å². The van der Waals surface area contributed by atoms with E-state index in [1.54, 1.807) is 6.92 Å². The summed E-state index contributed by atoms with van der Waals surface area (Å²) in [6.45, 7) is 11.0. The Labute approximate surface area is 117 Å². The lowest BCUT2D eigenvalue weighted by atomic mass is 9.64. The zero-order valence-corrected chi connectivity index (χ0v) is 13.1. The summed E-state index contributed by atoms with van der Waals surface area (Å²) in [5.74, 6) is 2.10. The second-order valence-electron chi connectivity index (χ2n) is 8.25. The molecular weight excluding hydrogens is 236 g/mol. The molecule has 108 valence electrons. The van der Waals surface area contributed by atoms with Gasteiger partial charge in [-0.25, -0.2) is 0 Å². The van der Waals surface area contributed by atoms with Gasteiger partial charge in [-0.1, -0.05) is 20.8 Å². The molecule has 0 aromatic rings. The number of rotatable bonds is 1. The van der Waals surface area contributed by atoms with Gasteiger partial charge in [-0.3, -0.25) is 4.79 Å². The van der Waals surface area contributed by atoms with Crippen LogP contribution in [0.25, 0.3) is 0 Å². The molecule has 0 heterocycles. The van der Waals surface area contributed by atoms with E-state index in [4.69, 9.17) is 4.74 Å². The highest BCUT2D eigenvalue weighted by Gasteiger charge is 2.68. The summed E-state index contributed by atoms with van der Waals surface area (Å²) < 4.78 is 5.80. The van der Waals surface area contributed by atoms with Crippen LogP contribution < -0.4 is 0 Å². The minimum Gasteiger partial charge on any atom is -0.459 e. The van der Waals surface area contributed by atoms with Crippen molar-refractivity contribution >= 4 is 5.97 Å². The lowest BCUT2D eigenvalue weighted by molar-refractivity contribution is -0.171. The van der Waals surface area contributed by atoms with Gasteiger partial charge < -0.3 is 4.74 Å². The molecule has 19 heavy (non-hydrogen) atoms. The number of esters is 1. The van der Waals surface area contributed by atoms with Gasteiger partial charge >= 0.3 is 5.97 Å². The van der Waals surface area contributed by atoms with Crippen LogP contribution in [0.1, 0.15) is 66.7 Å². The summed E-state index contributed by atoms with van der Waals surface area (Å²) in [5.41, 5.74) is 0.629. The van der Waals surface area contributed by atoms with Crippen molar-refractivity contribution in [3.63, 3.8) is 0 Å². The summed E-state index contributed by atoms with van der Waals surface area (Å²) in [6.07, 6.45) is 6.35. The molecule has 0 radical (unpaired) electrons. The van der Waals surface area contributed by atoms with E-state index in [0.717, 1.165) is 18.3 Å². The summed E-state index contributed by atoms with van der Waals surface area (Å²) >= 11 is 0. The van der Waals surface area contributed by atoms with E-state index < -0.39 is 0 Å². The molecule has 3 aliphatic rings. The van der Waals surface area contributed by atoms with Gasteiger partial charge in [-0.2, -0.15) is 0 Å². The van der Waals surface area contributed by atoms with Crippen molar-refractivity contribution in [3.05, 3.63) is 0 Å².